The molecule has 1 aromatic heterocycles. The monoisotopic (exact) mass is 275 g/mol. The summed E-state index contributed by atoms with van der Waals surface area (Å²) in [7, 11) is 1.69. The Morgan fingerprint density at radius 2 is 2.10 bits per heavy atom. The molecule has 6 heteroatoms. The maximum atomic E-state index is 5.02. The van der Waals surface area contributed by atoms with Crippen molar-refractivity contribution in [1.29, 1.82) is 0 Å². The normalized spacial score (nSPS) is 12.5. The van der Waals surface area contributed by atoms with Gasteiger partial charge < -0.3 is 10.1 Å². The summed E-state index contributed by atoms with van der Waals surface area (Å²) >= 11 is 0. The number of benzene rings is 1. The average molecular weight is 275 g/mol. The van der Waals surface area contributed by atoms with Crippen LogP contribution in [0.15, 0.2) is 30.3 Å². The van der Waals surface area contributed by atoms with E-state index in [1.54, 1.807) is 7.11 Å². The molecule has 0 amide bonds. The molecule has 0 aliphatic carbocycles. The Bertz CT molecular complexity index is 499. The highest BCUT2D eigenvalue weighted by atomic mass is 16.5. The zero-order valence-corrected chi connectivity index (χ0v) is 12.0. The van der Waals surface area contributed by atoms with Gasteiger partial charge in [0.05, 0.1) is 12.6 Å². The lowest BCUT2D eigenvalue weighted by Crippen LogP contribution is -2.26. The van der Waals surface area contributed by atoms with Crippen LogP contribution in [0.5, 0.6) is 0 Å². The van der Waals surface area contributed by atoms with Crippen LogP contribution in [-0.4, -0.2) is 40.5 Å². The van der Waals surface area contributed by atoms with Gasteiger partial charge in [-0.05, 0) is 29.3 Å². The van der Waals surface area contributed by atoms with E-state index in [1.165, 1.54) is 5.56 Å². The highest BCUT2D eigenvalue weighted by molar-refractivity contribution is 5.14. The van der Waals surface area contributed by atoms with Crippen LogP contribution in [0.4, 0.5) is 0 Å². The summed E-state index contributed by atoms with van der Waals surface area (Å²) < 4.78 is 6.88. The predicted molar refractivity (Wildman–Crippen MR) is 76.3 cm³/mol. The third-order valence-electron chi connectivity index (χ3n) is 3.16. The van der Waals surface area contributed by atoms with Crippen molar-refractivity contribution >= 4 is 0 Å². The molecule has 1 N–H and O–H groups in total. The highest BCUT2D eigenvalue weighted by Crippen LogP contribution is 2.08. The van der Waals surface area contributed by atoms with Crippen molar-refractivity contribution in [3.8, 4) is 0 Å². The van der Waals surface area contributed by atoms with E-state index in [0.29, 0.717) is 6.61 Å². The quantitative estimate of drug-likeness (QED) is 0.734. The third-order valence-corrected chi connectivity index (χ3v) is 3.16. The molecule has 0 bridgehead atoms. The molecule has 0 radical (unpaired) electrons. The Balaban J connectivity index is 1.91. The van der Waals surface area contributed by atoms with Crippen molar-refractivity contribution in [3.63, 3.8) is 0 Å². The first-order valence-electron chi connectivity index (χ1n) is 6.83. The molecule has 0 saturated heterocycles. The Morgan fingerprint density at radius 3 is 2.85 bits per heavy atom. The van der Waals surface area contributed by atoms with E-state index in [-0.39, 0.29) is 6.04 Å². The summed E-state index contributed by atoms with van der Waals surface area (Å²) in [6.07, 6.45) is 0.920. The summed E-state index contributed by atoms with van der Waals surface area (Å²) in [4.78, 5) is 0. The smallest absolute Gasteiger partial charge is 0.167 e. The van der Waals surface area contributed by atoms with Crippen LogP contribution >= 0.6 is 0 Å². The molecule has 0 aliphatic heterocycles. The fourth-order valence-electron chi connectivity index (χ4n) is 2.03. The molecule has 0 fully saturated rings. The molecule has 0 saturated carbocycles. The summed E-state index contributed by atoms with van der Waals surface area (Å²) in [5, 5.41) is 15.3. The van der Waals surface area contributed by atoms with Gasteiger partial charge in [0.2, 0.25) is 0 Å². The number of aryl methyl sites for hydroxylation is 2. The maximum absolute atomic E-state index is 5.02. The SMILES string of the molecule is COCCNC(C)c1nnnn1CCc1ccccc1. The summed E-state index contributed by atoms with van der Waals surface area (Å²) in [6, 6.07) is 10.5. The van der Waals surface area contributed by atoms with Gasteiger partial charge in [0.1, 0.15) is 0 Å². The van der Waals surface area contributed by atoms with Gasteiger partial charge in [-0.25, -0.2) is 4.68 Å². The van der Waals surface area contributed by atoms with Crippen LogP contribution in [0.3, 0.4) is 0 Å². The van der Waals surface area contributed by atoms with Crippen molar-refractivity contribution in [2.75, 3.05) is 20.3 Å². The van der Waals surface area contributed by atoms with E-state index in [9.17, 15) is 0 Å². The van der Waals surface area contributed by atoms with E-state index in [0.717, 1.165) is 25.3 Å². The number of methoxy groups -OCH3 is 1. The zero-order chi connectivity index (χ0) is 14.2. The van der Waals surface area contributed by atoms with E-state index in [1.807, 2.05) is 22.9 Å². The van der Waals surface area contributed by atoms with E-state index in [4.69, 9.17) is 4.74 Å². The number of tetrazole rings is 1. The average Bonchev–Trinajstić information content (AvgIpc) is 2.95. The number of rotatable bonds is 8. The first-order valence-corrected chi connectivity index (χ1v) is 6.83. The minimum Gasteiger partial charge on any atom is -0.383 e. The van der Waals surface area contributed by atoms with Crippen molar-refractivity contribution in [2.45, 2.75) is 25.9 Å². The second-order valence-electron chi connectivity index (χ2n) is 4.66. The number of aromatic nitrogens is 4. The lowest BCUT2D eigenvalue weighted by Gasteiger charge is -2.13. The minimum atomic E-state index is 0.107. The first-order chi connectivity index (χ1) is 9.81. The van der Waals surface area contributed by atoms with Gasteiger partial charge in [-0.3, -0.25) is 0 Å². The number of hydrogen-bond acceptors (Lipinski definition) is 5. The Labute approximate surface area is 119 Å². The van der Waals surface area contributed by atoms with Gasteiger partial charge in [-0.2, -0.15) is 0 Å². The number of nitrogens with zero attached hydrogens (tertiary/aromatic N) is 4. The molecule has 6 nitrogen and oxygen atoms in total. The Hall–Kier alpha value is -1.79. The fourth-order valence-corrected chi connectivity index (χ4v) is 2.03. The van der Waals surface area contributed by atoms with Crippen LogP contribution in [0, 0.1) is 0 Å². The Kier molecular flexibility index (Phi) is 5.64. The molecule has 20 heavy (non-hydrogen) atoms. The first kappa shape index (κ1) is 14.6. The second kappa shape index (κ2) is 7.72. The van der Waals surface area contributed by atoms with Crippen molar-refractivity contribution in [3.05, 3.63) is 41.7 Å². The van der Waals surface area contributed by atoms with Gasteiger partial charge in [-0.1, -0.05) is 30.3 Å². The summed E-state index contributed by atoms with van der Waals surface area (Å²) in [5.41, 5.74) is 1.29. The molecule has 0 spiro atoms. The molecule has 1 atom stereocenters. The predicted octanol–water partition coefficient (Wildman–Crippen LogP) is 1.21. The van der Waals surface area contributed by atoms with E-state index < -0.39 is 0 Å². The molecule has 0 aliphatic rings. The molecule has 2 aromatic rings. The molecule has 1 heterocycles. The fraction of sp³-hybridized carbons (Fsp3) is 0.500. The van der Waals surface area contributed by atoms with Gasteiger partial charge in [0, 0.05) is 20.2 Å². The molecular weight excluding hydrogens is 254 g/mol. The van der Waals surface area contributed by atoms with Crippen LogP contribution < -0.4 is 5.32 Å². The standard InChI is InChI=1S/C14H21N5O/c1-12(15-9-11-20-2)14-16-17-18-19(14)10-8-13-6-4-3-5-7-13/h3-7,12,15H,8-11H2,1-2H3. The van der Waals surface area contributed by atoms with Crippen LogP contribution in [0.25, 0.3) is 0 Å². The van der Waals surface area contributed by atoms with Gasteiger partial charge in [0.15, 0.2) is 5.82 Å². The lowest BCUT2D eigenvalue weighted by atomic mass is 10.1. The second-order valence-corrected chi connectivity index (χ2v) is 4.66. The van der Waals surface area contributed by atoms with Gasteiger partial charge in [-0.15, -0.1) is 5.10 Å². The molecule has 2 rings (SSSR count). The van der Waals surface area contributed by atoms with E-state index in [2.05, 4.69) is 39.9 Å². The Morgan fingerprint density at radius 1 is 1.30 bits per heavy atom. The number of nitrogens with one attached hydrogen (secondary N) is 1. The minimum absolute atomic E-state index is 0.107. The maximum Gasteiger partial charge on any atom is 0.167 e. The van der Waals surface area contributed by atoms with Gasteiger partial charge in [0.25, 0.3) is 0 Å². The van der Waals surface area contributed by atoms with Crippen molar-refractivity contribution in [2.24, 2.45) is 0 Å². The highest BCUT2D eigenvalue weighted by Gasteiger charge is 2.13. The zero-order valence-electron chi connectivity index (χ0n) is 12.0. The van der Waals surface area contributed by atoms with Crippen LogP contribution in [-0.2, 0) is 17.7 Å². The topological polar surface area (TPSA) is 64.9 Å². The third kappa shape index (κ3) is 4.11. The van der Waals surface area contributed by atoms with Crippen molar-refractivity contribution in [1.82, 2.24) is 25.5 Å². The largest absolute Gasteiger partial charge is 0.383 e. The van der Waals surface area contributed by atoms with Crippen molar-refractivity contribution < 1.29 is 4.74 Å². The summed E-state index contributed by atoms with van der Waals surface area (Å²) in [5.74, 6) is 0.858. The molecule has 108 valence electrons. The summed E-state index contributed by atoms with van der Waals surface area (Å²) in [6.45, 7) is 4.29. The molecular formula is C14H21N5O. The van der Waals surface area contributed by atoms with Gasteiger partial charge >= 0.3 is 0 Å². The lowest BCUT2D eigenvalue weighted by molar-refractivity contribution is 0.195. The number of ether oxygens (including phenoxy) is 1. The number of hydrogen-bond donors (Lipinski definition) is 1. The molecule has 1 unspecified atom stereocenters. The van der Waals surface area contributed by atoms with Crippen LogP contribution in [0.1, 0.15) is 24.4 Å². The molecule has 1 aromatic carbocycles. The van der Waals surface area contributed by atoms with Crippen LogP contribution in [0.2, 0.25) is 0 Å². The van der Waals surface area contributed by atoms with E-state index >= 15 is 0 Å².